The Morgan fingerprint density at radius 2 is 2.31 bits per heavy atom. The number of allylic oxidation sites excluding steroid dienone is 3. The van der Waals surface area contributed by atoms with Crippen molar-refractivity contribution in [3.63, 3.8) is 0 Å². The van der Waals surface area contributed by atoms with Crippen LogP contribution in [0.5, 0.6) is 0 Å². The summed E-state index contributed by atoms with van der Waals surface area (Å²) < 4.78 is 0. The average molecular weight is 340 g/mol. The van der Waals surface area contributed by atoms with Crippen molar-refractivity contribution in [2.75, 3.05) is 0 Å². The first-order chi connectivity index (χ1) is 5.79. The predicted molar refractivity (Wildman–Crippen MR) is 52.5 cm³/mol. The molecule has 0 spiro atoms. The molecule has 0 N–H and O–H groups in total. The summed E-state index contributed by atoms with van der Waals surface area (Å²) >= 11 is 0. The quantitative estimate of drug-likeness (QED) is 0.573. The van der Waals surface area contributed by atoms with Crippen molar-refractivity contribution < 1.29 is 21.1 Å². The smallest absolute Gasteiger partial charge is 0.273 e. The van der Waals surface area contributed by atoms with E-state index in [0.717, 1.165) is 11.1 Å². The van der Waals surface area contributed by atoms with Gasteiger partial charge < -0.3 is 0 Å². The topological polar surface area (TPSA) is 0 Å². The summed E-state index contributed by atoms with van der Waals surface area (Å²) in [5.74, 6) is 0. The van der Waals surface area contributed by atoms with Crippen molar-refractivity contribution in [1.29, 1.82) is 0 Å². The van der Waals surface area contributed by atoms with Gasteiger partial charge in [-0.1, -0.05) is 6.92 Å². The van der Waals surface area contributed by atoms with E-state index in [1.54, 1.807) is 0 Å². The van der Waals surface area contributed by atoms with Crippen LogP contribution in [0.25, 0.3) is 5.57 Å². The molecular formula is C12H12W. The van der Waals surface area contributed by atoms with Gasteiger partial charge in [0, 0.05) is 0 Å². The minimum absolute atomic E-state index is 0. The summed E-state index contributed by atoms with van der Waals surface area (Å²) in [6, 6.07) is 9.12. The number of hydrogen-bond donors (Lipinski definition) is 0. The van der Waals surface area contributed by atoms with Gasteiger partial charge in [0.05, 0.1) is 0 Å². The van der Waals surface area contributed by atoms with Crippen molar-refractivity contribution in [3.8, 4) is 0 Å². The van der Waals surface area contributed by atoms with E-state index < -0.39 is 0 Å². The van der Waals surface area contributed by atoms with Crippen LogP contribution in [0.15, 0.2) is 30.9 Å². The number of aryl methyl sites for hydroxylation is 1. The first-order valence-corrected chi connectivity index (χ1v) is 3.96. The molecule has 0 amide bonds. The van der Waals surface area contributed by atoms with Gasteiger partial charge in [-0.2, -0.15) is 24.3 Å². The molecule has 0 radical (unpaired) electrons. The Morgan fingerprint density at radius 1 is 1.62 bits per heavy atom. The van der Waals surface area contributed by atoms with Crippen molar-refractivity contribution >= 4 is 5.57 Å². The van der Waals surface area contributed by atoms with Gasteiger partial charge >= 0.3 is 21.1 Å². The summed E-state index contributed by atoms with van der Waals surface area (Å²) in [5.41, 5.74) is 3.32. The van der Waals surface area contributed by atoms with Gasteiger partial charge in [0.2, 0.25) is 0 Å². The van der Waals surface area contributed by atoms with Crippen LogP contribution in [-0.4, -0.2) is 0 Å². The van der Waals surface area contributed by atoms with Crippen LogP contribution >= 0.6 is 0 Å². The van der Waals surface area contributed by atoms with Gasteiger partial charge in [-0.25, -0.2) is 18.2 Å². The SMILES string of the molecule is C=[C-]/C(=C/C)c1[c-]cccc1C.[W+2]. The third-order valence-electron chi connectivity index (χ3n) is 1.81. The van der Waals surface area contributed by atoms with Crippen molar-refractivity contribution in [2.24, 2.45) is 0 Å². The fourth-order valence-corrected chi connectivity index (χ4v) is 1.15. The Balaban J connectivity index is 0.00000144. The first-order valence-electron chi connectivity index (χ1n) is 3.96. The van der Waals surface area contributed by atoms with Gasteiger partial charge in [-0.3, -0.25) is 11.1 Å². The minimum atomic E-state index is 0. The second kappa shape index (κ2) is 5.94. The summed E-state index contributed by atoms with van der Waals surface area (Å²) in [7, 11) is 0. The van der Waals surface area contributed by atoms with E-state index in [1.165, 1.54) is 5.56 Å². The van der Waals surface area contributed by atoms with E-state index in [9.17, 15) is 0 Å². The molecule has 0 heterocycles. The zero-order valence-corrected chi connectivity index (χ0v) is 10.9. The third kappa shape index (κ3) is 2.97. The first kappa shape index (κ1) is 12.4. The number of hydrogen-bond acceptors (Lipinski definition) is 0. The molecule has 0 aromatic heterocycles. The van der Waals surface area contributed by atoms with Gasteiger partial charge in [-0.05, 0) is 0 Å². The van der Waals surface area contributed by atoms with E-state index in [4.69, 9.17) is 0 Å². The van der Waals surface area contributed by atoms with Crippen LogP contribution in [-0.2, 0) is 21.1 Å². The maximum atomic E-state index is 3.64. The predicted octanol–water partition coefficient (Wildman–Crippen LogP) is 3.19. The molecule has 66 valence electrons. The van der Waals surface area contributed by atoms with Crippen LogP contribution in [0.2, 0.25) is 0 Å². The molecule has 0 atom stereocenters. The molecule has 0 aliphatic rings. The minimum Gasteiger partial charge on any atom is -0.273 e. The van der Waals surface area contributed by atoms with Crippen molar-refractivity contribution in [1.82, 2.24) is 0 Å². The molecule has 13 heavy (non-hydrogen) atoms. The molecule has 0 saturated carbocycles. The van der Waals surface area contributed by atoms with Crippen LogP contribution in [0.3, 0.4) is 0 Å². The maximum Gasteiger partial charge on any atom is 2.00 e. The Hall–Kier alpha value is -0.612. The monoisotopic (exact) mass is 340 g/mol. The molecule has 1 rings (SSSR count). The van der Waals surface area contributed by atoms with Gasteiger partial charge in [-0.15, -0.1) is 13.0 Å². The number of rotatable bonds is 2. The van der Waals surface area contributed by atoms with E-state index in [1.807, 2.05) is 25.1 Å². The van der Waals surface area contributed by atoms with Crippen molar-refractivity contribution in [3.05, 3.63) is 54.1 Å². The Bertz CT molecular complexity index is 311. The van der Waals surface area contributed by atoms with Crippen LogP contribution in [0.1, 0.15) is 18.1 Å². The van der Waals surface area contributed by atoms with Gasteiger partial charge in [0.1, 0.15) is 0 Å². The summed E-state index contributed by atoms with van der Waals surface area (Å²) in [6.45, 7) is 7.68. The average Bonchev–Trinajstić information content (AvgIpc) is 2.10. The second-order valence-electron chi connectivity index (χ2n) is 2.61. The largest absolute Gasteiger partial charge is 2.00 e. The molecule has 0 aliphatic carbocycles. The van der Waals surface area contributed by atoms with E-state index in [-0.39, 0.29) is 21.1 Å². The molecular weight excluding hydrogens is 328 g/mol. The Kier molecular flexibility index (Phi) is 5.66. The zero-order chi connectivity index (χ0) is 8.97. The molecule has 0 aliphatic heterocycles. The molecule has 0 saturated heterocycles. The number of benzene rings is 1. The zero-order valence-electron chi connectivity index (χ0n) is 7.92. The summed E-state index contributed by atoms with van der Waals surface area (Å²) in [4.78, 5) is 0. The standard InChI is InChI=1S/C12H12.W/c1-4-11(5-2)12-9-7-6-8-10(12)3;/h5-8H,1H2,2-3H3;/q-2;+2/b11-5-;. The van der Waals surface area contributed by atoms with Crippen LogP contribution in [0, 0.1) is 19.1 Å². The fraction of sp³-hybridized carbons (Fsp3) is 0.167. The summed E-state index contributed by atoms with van der Waals surface area (Å²) in [6.07, 6.45) is 4.88. The van der Waals surface area contributed by atoms with Gasteiger partial charge in [0.15, 0.2) is 0 Å². The van der Waals surface area contributed by atoms with E-state index in [2.05, 4.69) is 31.7 Å². The van der Waals surface area contributed by atoms with Crippen LogP contribution < -0.4 is 0 Å². The van der Waals surface area contributed by atoms with Gasteiger partial charge in [0.25, 0.3) is 0 Å². The maximum absolute atomic E-state index is 3.64. The second-order valence-corrected chi connectivity index (χ2v) is 2.61. The van der Waals surface area contributed by atoms with Crippen LogP contribution in [0.4, 0.5) is 0 Å². The normalized spacial score (nSPS) is 10.5. The fourth-order valence-electron chi connectivity index (χ4n) is 1.15. The third-order valence-corrected chi connectivity index (χ3v) is 1.81. The summed E-state index contributed by atoms with van der Waals surface area (Å²) in [5, 5.41) is 0. The molecule has 0 nitrogen and oxygen atoms in total. The molecule has 1 aromatic carbocycles. The van der Waals surface area contributed by atoms with E-state index >= 15 is 0 Å². The Morgan fingerprint density at radius 3 is 2.77 bits per heavy atom. The molecule has 0 bridgehead atoms. The molecule has 0 unspecified atom stereocenters. The molecule has 1 heteroatoms. The van der Waals surface area contributed by atoms with E-state index in [0.29, 0.717) is 0 Å². The van der Waals surface area contributed by atoms with Crippen molar-refractivity contribution in [2.45, 2.75) is 13.8 Å². The molecule has 0 fully saturated rings. The molecule has 1 aromatic rings. The Labute approximate surface area is 94.6 Å².